The number of halogens is 1. The van der Waals surface area contributed by atoms with Crippen LogP contribution < -0.4 is 4.83 Å². The Morgan fingerprint density at radius 2 is 1.74 bits per heavy atom. The van der Waals surface area contributed by atoms with Gasteiger partial charge in [-0.25, -0.2) is 4.83 Å². The molecular weight excluding hydrogens is 286 g/mol. The third-order valence-corrected chi connectivity index (χ3v) is 3.71. The normalized spacial score (nSPS) is 11.6. The molecule has 0 radical (unpaired) electrons. The van der Waals surface area contributed by atoms with E-state index < -0.39 is 10.0 Å². The summed E-state index contributed by atoms with van der Waals surface area (Å²) in [7, 11) is -3.67. The minimum atomic E-state index is -3.67. The van der Waals surface area contributed by atoms with Gasteiger partial charge in [0.05, 0.1) is 11.1 Å². The molecule has 19 heavy (non-hydrogen) atoms. The van der Waals surface area contributed by atoms with Crippen molar-refractivity contribution in [3.8, 4) is 0 Å². The van der Waals surface area contributed by atoms with E-state index in [2.05, 4.69) is 14.9 Å². The van der Waals surface area contributed by atoms with E-state index in [-0.39, 0.29) is 4.90 Å². The van der Waals surface area contributed by atoms with Crippen molar-refractivity contribution in [2.24, 2.45) is 5.10 Å². The van der Waals surface area contributed by atoms with Gasteiger partial charge in [0.25, 0.3) is 10.0 Å². The van der Waals surface area contributed by atoms with Crippen molar-refractivity contribution in [1.82, 2.24) is 9.82 Å². The van der Waals surface area contributed by atoms with Crippen LogP contribution in [0, 0.1) is 0 Å². The van der Waals surface area contributed by atoms with E-state index >= 15 is 0 Å². The largest absolute Gasteiger partial charge is 0.276 e. The average molecular weight is 296 g/mol. The molecule has 0 aliphatic carbocycles. The highest BCUT2D eigenvalue weighted by Crippen LogP contribution is 2.13. The molecule has 1 N–H and O–H groups in total. The molecule has 0 fully saturated rings. The number of hydrazone groups is 1. The Labute approximate surface area is 116 Å². The molecule has 98 valence electrons. The molecule has 0 saturated carbocycles. The molecule has 1 aromatic carbocycles. The molecule has 1 heterocycles. The fourth-order valence-corrected chi connectivity index (χ4v) is 2.20. The van der Waals surface area contributed by atoms with Gasteiger partial charge in [-0.15, -0.1) is 0 Å². The third-order valence-electron chi connectivity index (χ3n) is 2.22. The number of nitrogens with one attached hydrogen (secondary N) is 1. The number of sulfonamides is 1. The first-order valence-electron chi connectivity index (χ1n) is 5.28. The van der Waals surface area contributed by atoms with Crippen molar-refractivity contribution >= 4 is 27.8 Å². The van der Waals surface area contributed by atoms with Gasteiger partial charge in [0.1, 0.15) is 0 Å². The molecule has 0 atom stereocenters. The Bertz CT molecular complexity index is 670. The van der Waals surface area contributed by atoms with Gasteiger partial charge in [-0.3, -0.25) is 4.98 Å². The lowest BCUT2D eigenvalue weighted by molar-refractivity contribution is 0.584. The second-order valence-corrected chi connectivity index (χ2v) is 5.68. The van der Waals surface area contributed by atoms with E-state index in [1.54, 1.807) is 24.5 Å². The number of pyridine rings is 1. The molecular formula is C12H10ClN3O2S. The van der Waals surface area contributed by atoms with Crippen molar-refractivity contribution in [3.05, 3.63) is 59.4 Å². The van der Waals surface area contributed by atoms with E-state index in [1.807, 2.05) is 0 Å². The van der Waals surface area contributed by atoms with Crippen LogP contribution in [0.25, 0.3) is 0 Å². The maximum atomic E-state index is 11.9. The lowest BCUT2D eigenvalue weighted by atomic mass is 10.3. The Kier molecular flexibility index (Phi) is 4.13. The first-order chi connectivity index (χ1) is 9.08. The van der Waals surface area contributed by atoms with E-state index in [4.69, 9.17) is 11.6 Å². The predicted molar refractivity (Wildman–Crippen MR) is 73.6 cm³/mol. The number of rotatable bonds is 4. The summed E-state index contributed by atoms with van der Waals surface area (Å²) in [5.41, 5.74) is 0.744. The van der Waals surface area contributed by atoms with Crippen LogP contribution in [0.2, 0.25) is 5.02 Å². The van der Waals surface area contributed by atoms with E-state index in [1.165, 1.54) is 30.5 Å². The first-order valence-corrected chi connectivity index (χ1v) is 7.14. The van der Waals surface area contributed by atoms with E-state index in [9.17, 15) is 8.42 Å². The highest BCUT2D eigenvalue weighted by Gasteiger charge is 2.11. The summed E-state index contributed by atoms with van der Waals surface area (Å²) in [6.45, 7) is 0. The second kappa shape index (κ2) is 5.81. The molecule has 0 saturated heterocycles. The molecule has 5 nitrogen and oxygen atoms in total. The lowest BCUT2D eigenvalue weighted by Gasteiger charge is -2.02. The molecule has 0 aliphatic heterocycles. The first kappa shape index (κ1) is 13.5. The fraction of sp³-hybridized carbons (Fsp3) is 0. The summed E-state index contributed by atoms with van der Waals surface area (Å²) in [6, 6.07) is 9.24. The predicted octanol–water partition coefficient (Wildman–Crippen LogP) is 2.05. The zero-order valence-corrected chi connectivity index (χ0v) is 11.3. The quantitative estimate of drug-likeness (QED) is 0.693. The molecule has 2 rings (SSSR count). The monoisotopic (exact) mass is 295 g/mol. The van der Waals surface area contributed by atoms with Gasteiger partial charge in [-0.2, -0.15) is 13.5 Å². The zero-order chi connectivity index (χ0) is 13.7. The van der Waals surface area contributed by atoms with Gasteiger partial charge in [-0.1, -0.05) is 11.6 Å². The maximum Gasteiger partial charge on any atom is 0.276 e. The molecule has 0 bridgehead atoms. The van der Waals surface area contributed by atoms with Crippen LogP contribution in [0.1, 0.15) is 5.56 Å². The van der Waals surface area contributed by atoms with Crippen LogP contribution in [0.3, 0.4) is 0 Å². The Morgan fingerprint density at radius 1 is 1.11 bits per heavy atom. The molecule has 7 heteroatoms. The van der Waals surface area contributed by atoms with E-state index in [0.717, 1.165) is 5.56 Å². The van der Waals surface area contributed by atoms with Gasteiger partial charge in [0.15, 0.2) is 0 Å². The lowest BCUT2D eigenvalue weighted by Crippen LogP contribution is -2.18. The number of aromatic nitrogens is 1. The summed E-state index contributed by atoms with van der Waals surface area (Å²) in [5.74, 6) is 0. The average Bonchev–Trinajstić information content (AvgIpc) is 2.40. The Balaban J connectivity index is 2.10. The number of hydrogen-bond donors (Lipinski definition) is 1. The third kappa shape index (κ3) is 3.77. The molecule has 0 aliphatic rings. The van der Waals surface area contributed by atoms with Crippen LogP contribution in [0.15, 0.2) is 58.8 Å². The Morgan fingerprint density at radius 3 is 2.37 bits per heavy atom. The smallest absolute Gasteiger partial charge is 0.265 e. The van der Waals surface area contributed by atoms with Crippen LogP contribution in [0.5, 0.6) is 0 Å². The molecule has 0 amide bonds. The summed E-state index contributed by atoms with van der Waals surface area (Å²) in [6.07, 6.45) is 4.58. The van der Waals surface area contributed by atoms with Crippen LogP contribution in [0.4, 0.5) is 0 Å². The van der Waals surface area contributed by atoms with Gasteiger partial charge in [-0.05, 0) is 42.0 Å². The van der Waals surface area contributed by atoms with Crippen LogP contribution in [-0.2, 0) is 10.0 Å². The van der Waals surface area contributed by atoms with Gasteiger partial charge in [0.2, 0.25) is 0 Å². The van der Waals surface area contributed by atoms with Crippen molar-refractivity contribution < 1.29 is 8.42 Å². The highest BCUT2D eigenvalue weighted by molar-refractivity contribution is 7.89. The summed E-state index contributed by atoms with van der Waals surface area (Å²) < 4.78 is 23.7. The zero-order valence-electron chi connectivity index (χ0n) is 9.69. The number of benzene rings is 1. The maximum absolute atomic E-state index is 11.9. The molecule has 0 unspecified atom stereocenters. The standard InChI is InChI=1S/C12H10ClN3O2S/c13-11-1-3-12(4-2-11)19(17,18)16-15-9-10-5-7-14-8-6-10/h1-9,16H. The van der Waals surface area contributed by atoms with Crippen molar-refractivity contribution in [2.45, 2.75) is 4.90 Å². The van der Waals surface area contributed by atoms with Crippen LogP contribution in [-0.4, -0.2) is 19.6 Å². The van der Waals surface area contributed by atoms with Gasteiger partial charge < -0.3 is 0 Å². The van der Waals surface area contributed by atoms with Crippen molar-refractivity contribution in [2.75, 3.05) is 0 Å². The summed E-state index contributed by atoms with van der Waals surface area (Å²) in [5, 5.41) is 4.16. The SMILES string of the molecule is O=S(=O)(NN=Cc1ccncc1)c1ccc(Cl)cc1. The second-order valence-electron chi connectivity index (χ2n) is 3.59. The summed E-state index contributed by atoms with van der Waals surface area (Å²) in [4.78, 5) is 6.07. The minimum Gasteiger partial charge on any atom is -0.265 e. The van der Waals surface area contributed by atoms with Crippen LogP contribution >= 0.6 is 11.6 Å². The molecule has 2 aromatic rings. The highest BCUT2D eigenvalue weighted by atomic mass is 35.5. The number of nitrogens with zero attached hydrogens (tertiary/aromatic N) is 2. The van der Waals surface area contributed by atoms with Crippen molar-refractivity contribution in [3.63, 3.8) is 0 Å². The van der Waals surface area contributed by atoms with Gasteiger partial charge in [0, 0.05) is 17.4 Å². The van der Waals surface area contributed by atoms with Gasteiger partial charge >= 0.3 is 0 Å². The molecule has 0 spiro atoms. The minimum absolute atomic E-state index is 0.101. The van der Waals surface area contributed by atoms with E-state index in [0.29, 0.717) is 5.02 Å². The number of hydrogen-bond acceptors (Lipinski definition) is 4. The van der Waals surface area contributed by atoms with Crippen molar-refractivity contribution in [1.29, 1.82) is 0 Å². The topological polar surface area (TPSA) is 71.4 Å². The summed E-state index contributed by atoms with van der Waals surface area (Å²) >= 11 is 5.70. The Hall–Kier alpha value is -1.92. The molecule has 1 aromatic heterocycles. The fourth-order valence-electron chi connectivity index (χ4n) is 1.29.